The van der Waals surface area contributed by atoms with E-state index >= 15 is 0 Å². The van der Waals surface area contributed by atoms with Crippen molar-refractivity contribution < 1.29 is 5.11 Å². The summed E-state index contributed by atoms with van der Waals surface area (Å²) in [4.78, 5) is 0. The largest absolute Gasteiger partial charge is 0.508 e. The number of rotatable bonds is 13. The highest BCUT2D eigenvalue weighted by Crippen LogP contribution is 2.48. The summed E-state index contributed by atoms with van der Waals surface area (Å²) in [6, 6.07) is 6.40. The molecule has 1 aliphatic rings. The second-order valence-corrected chi connectivity index (χ2v) is 11.5. The van der Waals surface area contributed by atoms with Crippen LogP contribution in [0.3, 0.4) is 0 Å². The van der Waals surface area contributed by atoms with Crippen molar-refractivity contribution in [1.82, 2.24) is 0 Å². The third-order valence-electron chi connectivity index (χ3n) is 6.29. The molecule has 0 aromatic heterocycles. The summed E-state index contributed by atoms with van der Waals surface area (Å²) >= 11 is 2.65. The maximum Gasteiger partial charge on any atom is 0.119 e. The molecule has 1 aromatic carbocycles. The number of aromatic hydroxyl groups is 1. The normalized spacial score (nSPS) is 16.0. The lowest BCUT2D eigenvalue weighted by Gasteiger charge is -2.22. The minimum atomic E-state index is 0.486. The zero-order chi connectivity index (χ0) is 19.0. The van der Waals surface area contributed by atoms with Crippen molar-refractivity contribution in [2.24, 2.45) is 5.41 Å². The van der Waals surface area contributed by atoms with Gasteiger partial charge in [0.25, 0.3) is 0 Å². The van der Waals surface area contributed by atoms with E-state index in [2.05, 4.69) is 55.5 Å². The predicted octanol–water partition coefficient (Wildman–Crippen LogP) is 8.00. The van der Waals surface area contributed by atoms with Gasteiger partial charge in [0.15, 0.2) is 0 Å². The molecule has 1 aliphatic carbocycles. The smallest absolute Gasteiger partial charge is 0.119 e. The van der Waals surface area contributed by atoms with E-state index in [1.165, 1.54) is 76.2 Å². The molecular formula is C24H39IO. The summed E-state index contributed by atoms with van der Waals surface area (Å²) in [6.07, 6.45) is 16.6. The van der Waals surface area contributed by atoms with Gasteiger partial charge in [0, 0.05) is 3.42 Å². The molecule has 1 nitrogen and oxygen atoms in total. The SMILES string of the molecule is CCC(C)(C)CCCCCc1ccc(CCCCCC2(I)CC2)cc1O. The zero-order valence-electron chi connectivity index (χ0n) is 17.2. The van der Waals surface area contributed by atoms with Gasteiger partial charge in [0.2, 0.25) is 0 Å². The van der Waals surface area contributed by atoms with Gasteiger partial charge in [-0.2, -0.15) is 0 Å². The molecule has 0 aliphatic heterocycles. The third-order valence-corrected chi connectivity index (χ3v) is 7.91. The molecule has 2 rings (SSSR count). The van der Waals surface area contributed by atoms with E-state index in [1.54, 1.807) is 0 Å². The monoisotopic (exact) mass is 470 g/mol. The highest BCUT2D eigenvalue weighted by atomic mass is 127. The van der Waals surface area contributed by atoms with E-state index in [0.717, 1.165) is 18.4 Å². The lowest BCUT2D eigenvalue weighted by atomic mass is 9.84. The molecule has 26 heavy (non-hydrogen) atoms. The number of phenolic OH excluding ortho intramolecular Hbond substituents is 1. The van der Waals surface area contributed by atoms with Crippen molar-refractivity contribution >= 4 is 22.6 Å². The molecule has 1 saturated carbocycles. The van der Waals surface area contributed by atoms with E-state index in [1.807, 2.05) is 6.07 Å². The highest BCUT2D eigenvalue weighted by molar-refractivity contribution is 14.1. The van der Waals surface area contributed by atoms with Gasteiger partial charge in [-0.25, -0.2) is 0 Å². The average Bonchev–Trinajstić information content (AvgIpc) is 3.33. The average molecular weight is 470 g/mol. The van der Waals surface area contributed by atoms with Gasteiger partial charge >= 0.3 is 0 Å². The number of phenols is 1. The zero-order valence-corrected chi connectivity index (χ0v) is 19.4. The fraction of sp³-hybridized carbons (Fsp3) is 0.750. The van der Waals surface area contributed by atoms with Crippen molar-refractivity contribution in [3.8, 4) is 5.75 Å². The lowest BCUT2D eigenvalue weighted by molar-refractivity contribution is 0.308. The topological polar surface area (TPSA) is 20.2 Å². The van der Waals surface area contributed by atoms with Crippen LogP contribution < -0.4 is 0 Å². The molecule has 1 N–H and O–H groups in total. The molecule has 0 heterocycles. The molecule has 0 unspecified atom stereocenters. The molecule has 1 fully saturated rings. The van der Waals surface area contributed by atoms with Gasteiger partial charge in [-0.1, -0.05) is 87.6 Å². The van der Waals surface area contributed by atoms with E-state index in [0.29, 0.717) is 14.6 Å². The van der Waals surface area contributed by atoms with Crippen LogP contribution in [0.2, 0.25) is 0 Å². The first-order chi connectivity index (χ1) is 12.3. The Morgan fingerprint density at radius 2 is 1.69 bits per heavy atom. The van der Waals surface area contributed by atoms with Crippen molar-refractivity contribution in [1.29, 1.82) is 0 Å². The number of hydrogen-bond donors (Lipinski definition) is 1. The molecule has 1 aromatic rings. The van der Waals surface area contributed by atoms with Crippen LogP contribution >= 0.6 is 22.6 Å². The number of alkyl halides is 1. The fourth-order valence-electron chi connectivity index (χ4n) is 3.58. The van der Waals surface area contributed by atoms with E-state index in [4.69, 9.17) is 0 Å². The van der Waals surface area contributed by atoms with E-state index in [-0.39, 0.29) is 0 Å². The van der Waals surface area contributed by atoms with E-state index < -0.39 is 0 Å². The Kier molecular flexibility index (Phi) is 8.76. The van der Waals surface area contributed by atoms with Crippen LogP contribution in [0.1, 0.15) is 103 Å². The summed E-state index contributed by atoms with van der Waals surface area (Å²) in [7, 11) is 0. The summed E-state index contributed by atoms with van der Waals surface area (Å²) in [5.41, 5.74) is 2.91. The summed E-state index contributed by atoms with van der Waals surface area (Å²) in [5.74, 6) is 0.514. The fourth-order valence-corrected chi connectivity index (χ4v) is 4.23. The summed E-state index contributed by atoms with van der Waals surface area (Å²) in [6.45, 7) is 7.01. The Hall–Kier alpha value is -0.250. The number of unbranched alkanes of at least 4 members (excludes halogenated alkanes) is 4. The first-order valence-corrected chi connectivity index (χ1v) is 11.9. The standard InChI is InChI=1S/C24H39IO/c1-4-23(2,3)15-9-6-8-12-21-14-13-20(19-22(21)26)11-7-5-10-16-24(25)17-18-24/h13-14,19,26H,4-12,15-18H2,1-3H3. The predicted molar refractivity (Wildman–Crippen MR) is 123 cm³/mol. The van der Waals surface area contributed by atoms with Crippen LogP contribution in [0.4, 0.5) is 0 Å². The van der Waals surface area contributed by atoms with Crippen LogP contribution in [0.25, 0.3) is 0 Å². The molecule has 0 bridgehead atoms. The molecular weight excluding hydrogens is 431 g/mol. The van der Waals surface area contributed by atoms with Gasteiger partial charge in [-0.3, -0.25) is 0 Å². The van der Waals surface area contributed by atoms with Crippen molar-refractivity contribution in [3.05, 3.63) is 29.3 Å². The second kappa shape index (κ2) is 10.3. The lowest BCUT2D eigenvalue weighted by Crippen LogP contribution is -2.08. The molecule has 0 spiro atoms. The van der Waals surface area contributed by atoms with Crippen LogP contribution in [-0.2, 0) is 12.8 Å². The number of benzene rings is 1. The van der Waals surface area contributed by atoms with Gasteiger partial charge in [-0.15, -0.1) is 0 Å². The summed E-state index contributed by atoms with van der Waals surface area (Å²) in [5, 5.41) is 10.3. The minimum Gasteiger partial charge on any atom is -0.508 e. The van der Waals surface area contributed by atoms with Crippen molar-refractivity contribution in [2.75, 3.05) is 0 Å². The maximum absolute atomic E-state index is 10.3. The van der Waals surface area contributed by atoms with Crippen LogP contribution in [0.5, 0.6) is 5.75 Å². The number of halogens is 1. The first-order valence-electron chi connectivity index (χ1n) is 10.8. The van der Waals surface area contributed by atoms with Crippen LogP contribution in [-0.4, -0.2) is 8.53 Å². The molecule has 0 amide bonds. The van der Waals surface area contributed by atoms with Crippen LogP contribution in [0.15, 0.2) is 18.2 Å². The number of aryl methyl sites for hydroxylation is 2. The Labute approximate surface area is 175 Å². The van der Waals surface area contributed by atoms with Crippen molar-refractivity contribution in [2.45, 2.75) is 108 Å². The Balaban J connectivity index is 1.61. The molecule has 0 radical (unpaired) electrons. The Bertz CT molecular complexity index is 545. The Morgan fingerprint density at radius 3 is 2.35 bits per heavy atom. The van der Waals surface area contributed by atoms with Gasteiger partial charge in [0.1, 0.15) is 5.75 Å². The van der Waals surface area contributed by atoms with Gasteiger partial charge < -0.3 is 5.11 Å². The maximum atomic E-state index is 10.3. The molecule has 148 valence electrons. The number of hydrogen-bond acceptors (Lipinski definition) is 1. The first kappa shape index (κ1) is 22.0. The Morgan fingerprint density at radius 1 is 1.00 bits per heavy atom. The van der Waals surface area contributed by atoms with E-state index in [9.17, 15) is 5.11 Å². The molecule has 2 heteroatoms. The third kappa shape index (κ3) is 8.19. The minimum absolute atomic E-state index is 0.486. The quantitative estimate of drug-likeness (QED) is 0.176. The van der Waals surface area contributed by atoms with Crippen LogP contribution in [0, 0.1) is 5.41 Å². The summed E-state index contributed by atoms with van der Waals surface area (Å²) < 4.78 is 0.671. The van der Waals surface area contributed by atoms with Gasteiger partial charge in [-0.05, 0) is 74.0 Å². The molecule has 0 atom stereocenters. The van der Waals surface area contributed by atoms with Crippen molar-refractivity contribution in [3.63, 3.8) is 0 Å². The molecule has 0 saturated heterocycles. The van der Waals surface area contributed by atoms with Gasteiger partial charge in [0.05, 0.1) is 0 Å². The highest BCUT2D eigenvalue weighted by Gasteiger charge is 2.38. The second-order valence-electron chi connectivity index (χ2n) is 9.25.